The predicted octanol–water partition coefficient (Wildman–Crippen LogP) is 3.20. The summed E-state index contributed by atoms with van der Waals surface area (Å²) in [6.45, 7) is 2.39. The van der Waals surface area contributed by atoms with E-state index in [9.17, 15) is 9.59 Å². The third kappa shape index (κ3) is 4.12. The van der Waals surface area contributed by atoms with E-state index in [1.807, 2.05) is 0 Å². The highest BCUT2D eigenvalue weighted by Crippen LogP contribution is 2.38. The molecular weight excluding hydrogens is 294 g/mol. The lowest BCUT2D eigenvalue weighted by atomic mass is 10.2. The van der Waals surface area contributed by atoms with Gasteiger partial charge in [-0.05, 0) is 48.7 Å². The molecule has 0 aliphatic heterocycles. The molecule has 1 fully saturated rings. The number of nitrogens with one attached hydrogen (secondary N) is 3. The molecule has 0 spiro atoms. The maximum Gasteiger partial charge on any atom is 0.319 e. The van der Waals surface area contributed by atoms with Crippen LogP contribution in [0.4, 0.5) is 16.2 Å². The molecular formula is C17H19N3O3. The molecule has 3 amide bonds. The molecule has 3 rings (SSSR count). The lowest BCUT2D eigenvalue weighted by Crippen LogP contribution is -2.27. The summed E-state index contributed by atoms with van der Waals surface area (Å²) in [5.41, 5.74) is 1.38. The van der Waals surface area contributed by atoms with E-state index in [0.717, 1.165) is 12.1 Å². The van der Waals surface area contributed by atoms with Crippen LogP contribution < -0.4 is 16.0 Å². The van der Waals surface area contributed by atoms with Gasteiger partial charge in [0, 0.05) is 17.3 Å². The molecule has 1 aliphatic rings. The number of amides is 3. The second-order valence-corrected chi connectivity index (χ2v) is 5.77. The molecule has 23 heavy (non-hydrogen) atoms. The summed E-state index contributed by atoms with van der Waals surface area (Å²) in [6, 6.07) is 10.3. The van der Waals surface area contributed by atoms with Crippen molar-refractivity contribution in [1.29, 1.82) is 0 Å². The number of urea groups is 1. The molecule has 1 aromatic carbocycles. The molecule has 0 saturated heterocycles. The number of anilines is 2. The smallest absolute Gasteiger partial charge is 0.319 e. The van der Waals surface area contributed by atoms with Crippen LogP contribution in [-0.4, -0.2) is 11.9 Å². The molecule has 0 radical (unpaired) electrons. The van der Waals surface area contributed by atoms with Crippen molar-refractivity contribution in [2.75, 3.05) is 10.6 Å². The number of hydrogen-bond donors (Lipinski definition) is 3. The Morgan fingerprint density at radius 2 is 1.78 bits per heavy atom. The molecule has 1 saturated carbocycles. The maximum absolute atomic E-state index is 11.8. The summed E-state index contributed by atoms with van der Waals surface area (Å²) in [5.74, 6) is 1.37. The molecule has 1 aliphatic carbocycles. The first-order chi connectivity index (χ1) is 11.1. The summed E-state index contributed by atoms with van der Waals surface area (Å²) >= 11 is 0. The summed E-state index contributed by atoms with van der Waals surface area (Å²) in [4.78, 5) is 23.6. The quantitative estimate of drug-likeness (QED) is 0.792. The predicted molar refractivity (Wildman–Crippen MR) is 86.9 cm³/mol. The summed E-state index contributed by atoms with van der Waals surface area (Å²) in [5, 5.41) is 8.30. The van der Waals surface area contributed by atoms with E-state index in [4.69, 9.17) is 4.42 Å². The average molecular weight is 313 g/mol. The van der Waals surface area contributed by atoms with Gasteiger partial charge in [-0.1, -0.05) is 6.92 Å². The topological polar surface area (TPSA) is 83.4 Å². The molecule has 1 aromatic heterocycles. The zero-order valence-corrected chi connectivity index (χ0v) is 12.8. The average Bonchev–Trinajstić information content (AvgIpc) is 3.06. The Morgan fingerprint density at radius 1 is 1.13 bits per heavy atom. The van der Waals surface area contributed by atoms with Crippen molar-refractivity contribution in [1.82, 2.24) is 5.32 Å². The second kappa shape index (κ2) is 6.56. The molecule has 6 heteroatoms. The van der Waals surface area contributed by atoms with Gasteiger partial charge in [0.2, 0.25) is 5.91 Å². The summed E-state index contributed by atoms with van der Waals surface area (Å²) in [7, 11) is 0. The molecule has 2 aromatic rings. The number of hydrogen-bond acceptors (Lipinski definition) is 3. The highest BCUT2D eigenvalue weighted by Gasteiger charge is 2.38. The fraction of sp³-hybridized carbons (Fsp3) is 0.294. The Hall–Kier alpha value is -2.76. The number of rotatable bonds is 5. The molecule has 120 valence electrons. The highest BCUT2D eigenvalue weighted by molar-refractivity contribution is 5.95. The number of benzene rings is 1. The Kier molecular flexibility index (Phi) is 4.32. The minimum absolute atomic E-state index is 0.0643. The SMILES string of the molecule is CC1CC1C(=O)Nc1ccc(NC(=O)NCc2ccco2)cc1. The maximum atomic E-state index is 11.8. The van der Waals surface area contributed by atoms with Crippen LogP contribution in [0.2, 0.25) is 0 Å². The van der Waals surface area contributed by atoms with E-state index in [1.54, 1.807) is 42.7 Å². The van der Waals surface area contributed by atoms with Gasteiger partial charge in [-0.25, -0.2) is 4.79 Å². The van der Waals surface area contributed by atoms with Crippen LogP contribution in [0, 0.1) is 11.8 Å². The van der Waals surface area contributed by atoms with Crippen molar-refractivity contribution in [3.8, 4) is 0 Å². The zero-order chi connectivity index (χ0) is 16.2. The molecule has 6 nitrogen and oxygen atoms in total. The van der Waals surface area contributed by atoms with Gasteiger partial charge in [0.1, 0.15) is 5.76 Å². The van der Waals surface area contributed by atoms with Crippen LogP contribution in [0.5, 0.6) is 0 Å². The van der Waals surface area contributed by atoms with E-state index in [1.165, 1.54) is 0 Å². The minimum Gasteiger partial charge on any atom is -0.467 e. The number of carbonyl (C=O) groups excluding carboxylic acids is 2. The van der Waals surface area contributed by atoms with Gasteiger partial charge in [0.05, 0.1) is 12.8 Å². The van der Waals surface area contributed by atoms with Crippen LogP contribution >= 0.6 is 0 Å². The van der Waals surface area contributed by atoms with Gasteiger partial charge in [-0.15, -0.1) is 0 Å². The Balaban J connectivity index is 1.47. The Morgan fingerprint density at radius 3 is 2.35 bits per heavy atom. The lowest BCUT2D eigenvalue weighted by Gasteiger charge is -2.08. The van der Waals surface area contributed by atoms with Crippen molar-refractivity contribution in [2.45, 2.75) is 19.9 Å². The van der Waals surface area contributed by atoms with Crippen molar-refractivity contribution in [2.24, 2.45) is 11.8 Å². The van der Waals surface area contributed by atoms with E-state index in [0.29, 0.717) is 23.9 Å². The van der Waals surface area contributed by atoms with Crippen molar-refractivity contribution >= 4 is 23.3 Å². The van der Waals surface area contributed by atoms with Gasteiger partial charge in [0.25, 0.3) is 0 Å². The van der Waals surface area contributed by atoms with Crippen LogP contribution in [0.3, 0.4) is 0 Å². The number of furan rings is 1. The minimum atomic E-state index is -0.315. The third-order valence-corrected chi connectivity index (χ3v) is 3.86. The van der Waals surface area contributed by atoms with E-state index >= 15 is 0 Å². The zero-order valence-electron chi connectivity index (χ0n) is 12.8. The van der Waals surface area contributed by atoms with E-state index in [-0.39, 0.29) is 17.9 Å². The fourth-order valence-electron chi connectivity index (χ4n) is 2.32. The van der Waals surface area contributed by atoms with Crippen LogP contribution in [-0.2, 0) is 11.3 Å². The molecule has 3 N–H and O–H groups in total. The molecule has 0 bridgehead atoms. The lowest BCUT2D eigenvalue weighted by molar-refractivity contribution is -0.117. The first-order valence-corrected chi connectivity index (χ1v) is 7.60. The van der Waals surface area contributed by atoms with E-state index in [2.05, 4.69) is 22.9 Å². The van der Waals surface area contributed by atoms with Gasteiger partial charge in [-0.2, -0.15) is 0 Å². The monoisotopic (exact) mass is 313 g/mol. The molecule has 2 unspecified atom stereocenters. The van der Waals surface area contributed by atoms with Crippen LogP contribution in [0.1, 0.15) is 19.1 Å². The van der Waals surface area contributed by atoms with Crippen LogP contribution in [0.15, 0.2) is 47.1 Å². The molecule has 2 atom stereocenters. The van der Waals surface area contributed by atoms with Gasteiger partial charge >= 0.3 is 6.03 Å². The first kappa shape index (κ1) is 15.1. The van der Waals surface area contributed by atoms with Gasteiger partial charge < -0.3 is 20.4 Å². The van der Waals surface area contributed by atoms with Crippen molar-refractivity contribution in [3.63, 3.8) is 0 Å². The van der Waals surface area contributed by atoms with Gasteiger partial charge in [0.15, 0.2) is 0 Å². The van der Waals surface area contributed by atoms with Crippen molar-refractivity contribution < 1.29 is 14.0 Å². The fourth-order valence-corrected chi connectivity index (χ4v) is 2.32. The van der Waals surface area contributed by atoms with Crippen LogP contribution in [0.25, 0.3) is 0 Å². The number of carbonyl (C=O) groups is 2. The Bertz CT molecular complexity index is 680. The first-order valence-electron chi connectivity index (χ1n) is 7.60. The second-order valence-electron chi connectivity index (χ2n) is 5.77. The normalized spacial score (nSPS) is 19.0. The highest BCUT2D eigenvalue weighted by atomic mass is 16.3. The third-order valence-electron chi connectivity index (χ3n) is 3.86. The van der Waals surface area contributed by atoms with Gasteiger partial charge in [-0.3, -0.25) is 4.79 Å². The summed E-state index contributed by atoms with van der Waals surface area (Å²) in [6.07, 6.45) is 2.52. The van der Waals surface area contributed by atoms with Crippen molar-refractivity contribution in [3.05, 3.63) is 48.4 Å². The Labute approximate surface area is 134 Å². The standard InChI is InChI=1S/C17H19N3O3/c1-11-9-15(11)16(21)19-12-4-6-13(7-5-12)20-17(22)18-10-14-3-2-8-23-14/h2-8,11,15H,9-10H2,1H3,(H,19,21)(H2,18,20,22). The largest absolute Gasteiger partial charge is 0.467 e. The molecule has 1 heterocycles. The summed E-state index contributed by atoms with van der Waals surface area (Å²) < 4.78 is 5.14. The van der Waals surface area contributed by atoms with E-state index < -0.39 is 0 Å².